The van der Waals surface area contributed by atoms with Gasteiger partial charge in [0.05, 0.1) is 0 Å². The molecule has 108 valence electrons. The van der Waals surface area contributed by atoms with Crippen LogP contribution in [0.2, 0.25) is 0 Å². The maximum atomic E-state index is 11.6. The standard InChI is InChI=1S/C14H14N4O3/c19-12-5-11(17-13(18-12)9-2-3-9)16-7-8-1-4-10(14(20)21)15-6-8/h1,4-6,9H,2-3,7H2,(H,20,21)(H2,16,17,18,19). The predicted octanol–water partition coefficient (Wildman–Crippen LogP) is 1.35. The minimum absolute atomic E-state index is 0.00375. The molecule has 7 heteroatoms. The van der Waals surface area contributed by atoms with Crippen LogP contribution in [0.5, 0.6) is 0 Å². The first kappa shape index (κ1) is 13.3. The SMILES string of the molecule is O=C(O)c1ccc(CNc2cc(=O)[nH]c(C3CC3)n2)cn1. The van der Waals surface area contributed by atoms with Crippen molar-refractivity contribution in [1.82, 2.24) is 15.0 Å². The van der Waals surface area contributed by atoms with Gasteiger partial charge in [0.1, 0.15) is 17.3 Å². The van der Waals surface area contributed by atoms with Gasteiger partial charge in [-0.3, -0.25) is 4.79 Å². The van der Waals surface area contributed by atoms with Crippen molar-refractivity contribution < 1.29 is 9.90 Å². The van der Waals surface area contributed by atoms with Crippen molar-refractivity contribution >= 4 is 11.8 Å². The number of hydrogen-bond acceptors (Lipinski definition) is 5. The van der Waals surface area contributed by atoms with Gasteiger partial charge in [-0.25, -0.2) is 14.8 Å². The number of hydrogen-bond donors (Lipinski definition) is 3. The van der Waals surface area contributed by atoms with Gasteiger partial charge in [0, 0.05) is 24.7 Å². The molecule has 0 amide bonds. The van der Waals surface area contributed by atoms with Crippen molar-refractivity contribution in [1.29, 1.82) is 0 Å². The van der Waals surface area contributed by atoms with Crippen molar-refractivity contribution in [3.05, 3.63) is 51.8 Å². The van der Waals surface area contributed by atoms with Crippen LogP contribution in [0, 0.1) is 0 Å². The summed E-state index contributed by atoms with van der Waals surface area (Å²) < 4.78 is 0. The van der Waals surface area contributed by atoms with E-state index < -0.39 is 5.97 Å². The number of H-pyrrole nitrogens is 1. The van der Waals surface area contributed by atoms with Crippen LogP contribution in [-0.4, -0.2) is 26.0 Å². The molecule has 3 N–H and O–H groups in total. The minimum atomic E-state index is -1.06. The molecule has 1 aliphatic rings. The summed E-state index contributed by atoms with van der Waals surface area (Å²) in [7, 11) is 0. The Bertz CT molecular complexity index is 720. The number of carbonyl (C=O) groups is 1. The maximum absolute atomic E-state index is 11.6. The highest BCUT2D eigenvalue weighted by atomic mass is 16.4. The van der Waals surface area contributed by atoms with Crippen molar-refractivity contribution in [2.24, 2.45) is 0 Å². The number of carboxylic acid groups (broad SMARTS) is 1. The van der Waals surface area contributed by atoms with Gasteiger partial charge in [0.2, 0.25) is 0 Å². The lowest BCUT2D eigenvalue weighted by Gasteiger charge is -2.07. The number of aromatic carboxylic acids is 1. The summed E-state index contributed by atoms with van der Waals surface area (Å²) in [6.07, 6.45) is 3.62. The van der Waals surface area contributed by atoms with E-state index in [0.29, 0.717) is 18.3 Å². The summed E-state index contributed by atoms with van der Waals surface area (Å²) in [5.41, 5.74) is 0.646. The van der Waals surface area contributed by atoms with Gasteiger partial charge in [-0.1, -0.05) is 6.07 Å². The molecule has 7 nitrogen and oxygen atoms in total. The first-order chi connectivity index (χ1) is 10.1. The molecule has 2 aromatic rings. The van der Waals surface area contributed by atoms with Gasteiger partial charge in [0.25, 0.3) is 5.56 Å². The Balaban J connectivity index is 1.69. The van der Waals surface area contributed by atoms with E-state index in [0.717, 1.165) is 24.2 Å². The van der Waals surface area contributed by atoms with Crippen molar-refractivity contribution in [3.8, 4) is 0 Å². The van der Waals surface area contributed by atoms with Crippen LogP contribution in [-0.2, 0) is 6.54 Å². The normalized spacial score (nSPS) is 13.9. The quantitative estimate of drug-likeness (QED) is 0.765. The Morgan fingerprint density at radius 2 is 2.24 bits per heavy atom. The number of pyridine rings is 1. The van der Waals surface area contributed by atoms with Gasteiger partial charge >= 0.3 is 5.97 Å². The average molecular weight is 286 g/mol. The maximum Gasteiger partial charge on any atom is 0.354 e. The average Bonchev–Trinajstić information content (AvgIpc) is 3.29. The fraction of sp³-hybridized carbons (Fsp3) is 0.286. The third kappa shape index (κ3) is 3.25. The summed E-state index contributed by atoms with van der Waals surface area (Å²) in [4.78, 5) is 33.2. The highest BCUT2D eigenvalue weighted by Gasteiger charge is 2.26. The summed E-state index contributed by atoms with van der Waals surface area (Å²) in [5, 5.41) is 11.8. The lowest BCUT2D eigenvalue weighted by Crippen LogP contribution is -2.13. The molecule has 21 heavy (non-hydrogen) atoms. The van der Waals surface area contributed by atoms with Gasteiger partial charge in [0.15, 0.2) is 0 Å². The molecule has 0 aromatic carbocycles. The summed E-state index contributed by atoms with van der Waals surface area (Å²) >= 11 is 0. The predicted molar refractivity (Wildman–Crippen MR) is 75.4 cm³/mol. The highest BCUT2D eigenvalue weighted by molar-refractivity contribution is 5.85. The zero-order chi connectivity index (χ0) is 14.8. The fourth-order valence-corrected chi connectivity index (χ4v) is 1.97. The van der Waals surface area contributed by atoms with Gasteiger partial charge in [-0.2, -0.15) is 0 Å². The molecular formula is C14H14N4O3. The van der Waals surface area contributed by atoms with E-state index >= 15 is 0 Å². The van der Waals surface area contributed by atoms with E-state index in [-0.39, 0.29) is 11.3 Å². The second-order valence-electron chi connectivity index (χ2n) is 5.00. The first-order valence-electron chi connectivity index (χ1n) is 6.65. The third-order valence-electron chi connectivity index (χ3n) is 3.24. The molecule has 1 fully saturated rings. The molecule has 0 atom stereocenters. The van der Waals surface area contributed by atoms with Crippen LogP contribution in [0.3, 0.4) is 0 Å². The number of nitrogens with one attached hydrogen (secondary N) is 2. The zero-order valence-corrected chi connectivity index (χ0v) is 11.2. The molecule has 2 heterocycles. The Labute approximate surface area is 120 Å². The molecule has 0 radical (unpaired) electrons. The molecule has 1 saturated carbocycles. The molecule has 3 rings (SSSR count). The first-order valence-corrected chi connectivity index (χ1v) is 6.65. The third-order valence-corrected chi connectivity index (χ3v) is 3.24. The van der Waals surface area contributed by atoms with E-state index in [4.69, 9.17) is 5.11 Å². The Morgan fingerprint density at radius 1 is 1.43 bits per heavy atom. The van der Waals surface area contributed by atoms with E-state index in [9.17, 15) is 9.59 Å². The summed E-state index contributed by atoms with van der Waals surface area (Å²) in [6.45, 7) is 0.424. The van der Waals surface area contributed by atoms with Crippen LogP contribution in [0.4, 0.5) is 5.82 Å². The largest absolute Gasteiger partial charge is 0.477 e. The highest BCUT2D eigenvalue weighted by Crippen LogP contribution is 2.37. The fourth-order valence-electron chi connectivity index (χ4n) is 1.97. The topological polar surface area (TPSA) is 108 Å². The molecule has 0 bridgehead atoms. The number of aromatic nitrogens is 3. The van der Waals surface area contributed by atoms with E-state index in [1.165, 1.54) is 18.3 Å². The number of carboxylic acids is 1. The van der Waals surface area contributed by atoms with Gasteiger partial charge < -0.3 is 15.4 Å². The van der Waals surface area contributed by atoms with E-state index in [1.54, 1.807) is 6.07 Å². The lowest BCUT2D eigenvalue weighted by molar-refractivity contribution is 0.0690. The van der Waals surface area contributed by atoms with Crippen molar-refractivity contribution in [3.63, 3.8) is 0 Å². The molecule has 0 aliphatic heterocycles. The Hall–Kier alpha value is -2.70. The number of aromatic amines is 1. The molecule has 1 aliphatic carbocycles. The van der Waals surface area contributed by atoms with Crippen molar-refractivity contribution in [2.75, 3.05) is 5.32 Å². The molecular weight excluding hydrogens is 272 g/mol. The van der Waals surface area contributed by atoms with E-state index in [1.807, 2.05) is 0 Å². The smallest absolute Gasteiger partial charge is 0.354 e. The van der Waals surface area contributed by atoms with Crippen LogP contribution >= 0.6 is 0 Å². The van der Waals surface area contributed by atoms with Crippen LogP contribution in [0.15, 0.2) is 29.2 Å². The molecule has 0 spiro atoms. The molecule has 2 aromatic heterocycles. The second-order valence-corrected chi connectivity index (χ2v) is 5.00. The number of anilines is 1. The van der Waals surface area contributed by atoms with Gasteiger partial charge in [-0.05, 0) is 24.5 Å². The number of nitrogens with zero attached hydrogens (tertiary/aromatic N) is 2. The van der Waals surface area contributed by atoms with Crippen LogP contribution in [0.1, 0.15) is 40.6 Å². The van der Waals surface area contributed by atoms with Crippen LogP contribution < -0.4 is 10.9 Å². The Morgan fingerprint density at radius 3 is 2.86 bits per heavy atom. The van der Waals surface area contributed by atoms with Crippen LogP contribution in [0.25, 0.3) is 0 Å². The minimum Gasteiger partial charge on any atom is -0.477 e. The van der Waals surface area contributed by atoms with Crippen molar-refractivity contribution in [2.45, 2.75) is 25.3 Å². The van der Waals surface area contributed by atoms with Gasteiger partial charge in [-0.15, -0.1) is 0 Å². The monoisotopic (exact) mass is 286 g/mol. The molecule has 0 saturated heterocycles. The zero-order valence-electron chi connectivity index (χ0n) is 11.2. The Kier molecular flexibility index (Phi) is 3.39. The molecule has 0 unspecified atom stereocenters. The summed E-state index contributed by atoms with van der Waals surface area (Å²) in [6, 6.07) is 4.53. The summed E-state index contributed by atoms with van der Waals surface area (Å²) in [5.74, 6) is 0.558. The second kappa shape index (κ2) is 5.35. The lowest BCUT2D eigenvalue weighted by atomic mass is 10.2. The van der Waals surface area contributed by atoms with E-state index in [2.05, 4.69) is 20.3 Å². The number of rotatable bonds is 5.